The Kier molecular flexibility index (Phi) is 2.13. The molecule has 0 aromatic carbocycles. The fourth-order valence-electron chi connectivity index (χ4n) is 1.50. The summed E-state index contributed by atoms with van der Waals surface area (Å²) in [6.45, 7) is 5.83. The number of rotatable bonds is 3. The molecule has 1 saturated carbocycles. The first-order valence-electron chi connectivity index (χ1n) is 4.83. The predicted octanol–water partition coefficient (Wildman–Crippen LogP) is 2.56. The minimum absolute atomic E-state index is 0.683. The Hall–Kier alpha value is -1.18. The molecule has 1 aliphatic carbocycles. The zero-order valence-corrected chi connectivity index (χ0v) is 7.95. The van der Waals surface area contributed by atoms with Crippen molar-refractivity contribution >= 4 is 6.08 Å². The van der Waals surface area contributed by atoms with Gasteiger partial charge in [0.1, 0.15) is 0 Å². The van der Waals surface area contributed by atoms with Crippen molar-refractivity contribution in [3.8, 4) is 0 Å². The smallest absolute Gasteiger partial charge is 0.0810 e. The second-order valence-electron chi connectivity index (χ2n) is 3.46. The number of aryl methyl sites for hydroxylation is 1. The van der Waals surface area contributed by atoms with Crippen LogP contribution in [0.1, 0.15) is 42.8 Å². The van der Waals surface area contributed by atoms with E-state index in [1.54, 1.807) is 12.3 Å². The fourth-order valence-corrected chi connectivity index (χ4v) is 1.50. The van der Waals surface area contributed by atoms with Crippen molar-refractivity contribution in [2.75, 3.05) is 0 Å². The lowest BCUT2D eigenvalue weighted by Crippen LogP contribution is -2.00. The van der Waals surface area contributed by atoms with Crippen molar-refractivity contribution in [1.29, 1.82) is 0 Å². The second kappa shape index (κ2) is 3.29. The van der Waals surface area contributed by atoms with E-state index in [0.717, 1.165) is 17.8 Å². The average Bonchev–Trinajstić information content (AvgIpc) is 3.00. The Bertz CT molecular complexity index is 327. The van der Waals surface area contributed by atoms with Crippen LogP contribution in [-0.4, -0.2) is 9.97 Å². The van der Waals surface area contributed by atoms with Crippen LogP contribution in [0.4, 0.5) is 0 Å². The lowest BCUT2D eigenvalue weighted by Gasteiger charge is -2.04. The van der Waals surface area contributed by atoms with Crippen LogP contribution in [0, 0.1) is 0 Å². The number of aromatic nitrogens is 2. The lowest BCUT2D eigenvalue weighted by atomic mass is 10.2. The Labute approximate surface area is 78.7 Å². The summed E-state index contributed by atoms with van der Waals surface area (Å²) >= 11 is 0. The summed E-state index contributed by atoms with van der Waals surface area (Å²) in [6.07, 6.45) is 7.11. The lowest BCUT2D eigenvalue weighted by molar-refractivity contribution is 0.891. The van der Waals surface area contributed by atoms with Gasteiger partial charge < -0.3 is 0 Å². The van der Waals surface area contributed by atoms with Gasteiger partial charge in [0.15, 0.2) is 0 Å². The molecule has 0 amide bonds. The van der Waals surface area contributed by atoms with E-state index in [1.165, 1.54) is 18.5 Å². The summed E-state index contributed by atoms with van der Waals surface area (Å²) < 4.78 is 0. The molecule has 0 aliphatic heterocycles. The molecule has 0 atom stereocenters. The molecule has 2 rings (SSSR count). The standard InChI is InChI=1S/C11H14N2/c1-3-9-7-12-10(4-2)11(13-9)8-5-6-8/h3,7-8H,1,4-6H2,2H3. The minimum Gasteiger partial charge on any atom is -0.257 e. The molecule has 1 aromatic rings. The topological polar surface area (TPSA) is 25.8 Å². The van der Waals surface area contributed by atoms with Crippen LogP contribution in [-0.2, 0) is 6.42 Å². The van der Waals surface area contributed by atoms with Gasteiger partial charge >= 0.3 is 0 Å². The normalized spacial score (nSPS) is 15.8. The summed E-state index contributed by atoms with van der Waals surface area (Å²) in [7, 11) is 0. The summed E-state index contributed by atoms with van der Waals surface area (Å²) in [5.74, 6) is 0.683. The van der Waals surface area contributed by atoms with Crippen molar-refractivity contribution in [2.45, 2.75) is 32.1 Å². The van der Waals surface area contributed by atoms with Gasteiger partial charge in [0.05, 0.1) is 23.3 Å². The molecule has 68 valence electrons. The van der Waals surface area contributed by atoms with Crippen LogP contribution < -0.4 is 0 Å². The molecule has 0 saturated heterocycles. The fraction of sp³-hybridized carbons (Fsp3) is 0.455. The van der Waals surface area contributed by atoms with Gasteiger partial charge in [0.25, 0.3) is 0 Å². The molecule has 0 radical (unpaired) electrons. The Morgan fingerprint density at radius 3 is 2.92 bits per heavy atom. The van der Waals surface area contributed by atoms with Gasteiger partial charge in [-0.15, -0.1) is 0 Å². The third-order valence-corrected chi connectivity index (χ3v) is 2.41. The molecular formula is C11H14N2. The predicted molar refractivity (Wildman–Crippen MR) is 53.5 cm³/mol. The van der Waals surface area contributed by atoms with Crippen LogP contribution >= 0.6 is 0 Å². The zero-order valence-electron chi connectivity index (χ0n) is 7.95. The monoisotopic (exact) mass is 174 g/mol. The van der Waals surface area contributed by atoms with Gasteiger partial charge in [-0.05, 0) is 25.3 Å². The number of nitrogens with zero attached hydrogens (tertiary/aromatic N) is 2. The Morgan fingerprint density at radius 2 is 2.38 bits per heavy atom. The van der Waals surface area contributed by atoms with Crippen molar-refractivity contribution in [1.82, 2.24) is 9.97 Å². The first-order valence-corrected chi connectivity index (χ1v) is 4.83. The highest BCUT2D eigenvalue weighted by Gasteiger charge is 2.27. The van der Waals surface area contributed by atoms with E-state index in [4.69, 9.17) is 0 Å². The van der Waals surface area contributed by atoms with Crippen molar-refractivity contribution in [2.24, 2.45) is 0 Å². The Morgan fingerprint density at radius 1 is 1.62 bits per heavy atom. The first kappa shape index (κ1) is 8.42. The van der Waals surface area contributed by atoms with Gasteiger partial charge in [-0.2, -0.15) is 0 Å². The number of hydrogen-bond donors (Lipinski definition) is 0. The molecule has 1 aromatic heterocycles. The van der Waals surface area contributed by atoms with Crippen molar-refractivity contribution in [3.05, 3.63) is 29.9 Å². The van der Waals surface area contributed by atoms with Crippen LogP contribution in [0.2, 0.25) is 0 Å². The minimum atomic E-state index is 0.683. The van der Waals surface area contributed by atoms with Crippen molar-refractivity contribution < 1.29 is 0 Å². The maximum Gasteiger partial charge on any atom is 0.0810 e. The van der Waals surface area contributed by atoms with E-state index < -0.39 is 0 Å². The highest BCUT2D eigenvalue weighted by atomic mass is 14.8. The summed E-state index contributed by atoms with van der Waals surface area (Å²) in [5, 5.41) is 0. The quantitative estimate of drug-likeness (QED) is 0.703. The number of hydrogen-bond acceptors (Lipinski definition) is 2. The molecule has 1 aliphatic rings. The Balaban J connectivity index is 2.40. The van der Waals surface area contributed by atoms with Gasteiger partial charge in [-0.25, -0.2) is 4.98 Å². The van der Waals surface area contributed by atoms with E-state index in [9.17, 15) is 0 Å². The highest BCUT2D eigenvalue weighted by Crippen LogP contribution is 2.40. The molecule has 0 N–H and O–H groups in total. The molecule has 1 fully saturated rings. The van der Waals surface area contributed by atoms with Crippen LogP contribution in [0.15, 0.2) is 12.8 Å². The molecule has 1 heterocycles. The van der Waals surface area contributed by atoms with E-state index in [1.807, 2.05) is 0 Å². The first-order chi connectivity index (χ1) is 6.35. The van der Waals surface area contributed by atoms with E-state index >= 15 is 0 Å². The zero-order chi connectivity index (χ0) is 9.26. The molecule has 0 bridgehead atoms. The van der Waals surface area contributed by atoms with Crippen LogP contribution in [0.3, 0.4) is 0 Å². The van der Waals surface area contributed by atoms with Gasteiger partial charge in [0, 0.05) is 5.92 Å². The summed E-state index contributed by atoms with van der Waals surface area (Å²) in [5.41, 5.74) is 3.27. The summed E-state index contributed by atoms with van der Waals surface area (Å²) in [4.78, 5) is 8.94. The molecule has 2 heteroatoms. The van der Waals surface area contributed by atoms with Gasteiger partial charge in [0.2, 0.25) is 0 Å². The second-order valence-corrected chi connectivity index (χ2v) is 3.46. The highest BCUT2D eigenvalue weighted by molar-refractivity contribution is 5.41. The SMILES string of the molecule is C=Cc1cnc(CC)c(C2CC2)n1. The summed E-state index contributed by atoms with van der Waals surface area (Å²) in [6, 6.07) is 0. The average molecular weight is 174 g/mol. The maximum absolute atomic E-state index is 4.54. The van der Waals surface area contributed by atoms with E-state index in [0.29, 0.717) is 5.92 Å². The molecule has 0 spiro atoms. The third-order valence-electron chi connectivity index (χ3n) is 2.41. The largest absolute Gasteiger partial charge is 0.257 e. The molecular weight excluding hydrogens is 160 g/mol. The molecule has 13 heavy (non-hydrogen) atoms. The third kappa shape index (κ3) is 1.62. The molecule has 2 nitrogen and oxygen atoms in total. The maximum atomic E-state index is 4.54. The van der Waals surface area contributed by atoms with Crippen LogP contribution in [0.5, 0.6) is 0 Å². The molecule has 0 unspecified atom stereocenters. The van der Waals surface area contributed by atoms with Crippen LogP contribution in [0.25, 0.3) is 6.08 Å². The van der Waals surface area contributed by atoms with Gasteiger partial charge in [-0.1, -0.05) is 13.5 Å². The van der Waals surface area contributed by atoms with Crippen molar-refractivity contribution in [3.63, 3.8) is 0 Å². The van der Waals surface area contributed by atoms with E-state index in [2.05, 4.69) is 23.5 Å². The van der Waals surface area contributed by atoms with E-state index in [-0.39, 0.29) is 0 Å². The van der Waals surface area contributed by atoms with Gasteiger partial charge in [-0.3, -0.25) is 4.98 Å².